The highest BCUT2D eigenvalue weighted by atomic mass is 19.2. The number of hydrogen-bond acceptors (Lipinski definition) is 4. The van der Waals surface area contributed by atoms with Crippen molar-refractivity contribution < 1.29 is 27.8 Å². The van der Waals surface area contributed by atoms with E-state index >= 15 is 0 Å². The van der Waals surface area contributed by atoms with E-state index in [9.17, 15) is 18.4 Å². The van der Waals surface area contributed by atoms with Crippen molar-refractivity contribution in [2.75, 3.05) is 19.0 Å². The molecule has 24 heavy (non-hydrogen) atoms. The maximum atomic E-state index is 13.0. The SMILES string of the molecule is COc1ccc(C(=O)OCC(=O)Nc2ccc(F)c(F)c2)c(C)c1. The Kier molecular flexibility index (Phi) is 5.47. The molecule has 0 saturated heterocycles. The molecule has 126 valence electrons. The minimum atomic E-state index is -1.08. The molecule has 0 aliphatic rings. The number of benzene rings is 2. The average molecular weight is 335 g/mol. The average Bonchev–Trinajstić information content (AvgIpc) is 2.56. The van der Waals surface area contributed by atoms with Gasteiger partial charge in [-0.25, -0.2) is 13.6 Å². The van der Waals surface area contributed by atoms with Crippen LogP contribution in [-0.2, 0) is 9.53 Å². The Balaban J connectivity index is 1.93. The molecule has 0 heterocycles. The lowest BCUT2D eigenvalue weighted by molar-refractivity contribution is -0.119. The lowest BCUT2D eigenvalue weighted by Crippen LogP contribution is -2.21. The molecular formula is C17H15F2NO4. The van der Waals surface area contributed by atoms with Crippen molar-refractivity contribution in [1.82, 2.24) is 0 Å². The van der Waals surface area contributed by atoms with E-state index in [0.29, 0.717) is 16.9 Å². The molecule has 1 amide bonds. The summed E-state index contributed by atoms with van der Waals surface area (Å²) in [6, 6.07) is 7.72. The summed E-state index contributed by atoms with van der Waals surface area (Å²) < 4.78 is 35.8. The zero-order valence-corrected chi connectivity index (χ0v) is 13.1. The second-order valence-corrected chi connectivity index (χ2v) is 4.93. The second kappa shape index (κ2) is 7.54. The van der Waals surface area contributed by atoms with E-state index in [1.807, 2.05) is 0 Å². The monoisotopic (exact) mass is 335 g/mol. The van der Waals surface area contributed by atoms with Crippen molar-refractivity contribution in [3.05, 3.63) is 59.2 Å². The molecule has 1 N–H and O–H groups in total. The van der Waals surface area contributed by atoms with Crippen molar-refractivity contribution >= 4 is 17.6 Å². The van der Waals surface area contributed by atoms with Crippen LogP contribution in [0.2, 0.25) is 0 Å². The highest BCUT2D eigenvalue weighted by Crippen LogP contribution is 2.18. The van der Waals surface area contributed by atoms with Crippen LogP contribution in [0.15, 0.2) is 36.4 Å². The molecule has 2 rings (SSSR count). The predicted octanol–water partition coefficient (Wildman–Crippen LogP) is 3.08. The number of esters is 1. The van der Waals surface area contributed by atoms with Crippen LogP contribution in [0.25, 0.3) is 0 Å². The van der Waals surface area contributed by atoms with Crippen molar-refractivity contribution in [2.24, 2.45) is 0 Å². The van der Waals surface area contributed by atoms with Crippen molar-refractivity contribution in [3.8, 4) is 5.75 Å². The number of carbonyl (C=O) groups excluding carboxylic acids is 2. The minimum Gasteiger partial charge on any atom is -0.497 e. The number of rotatable bonds is 5. The van der Waals surface area contributed by atoms with Gasteiger partial charge in [0, 0.05) is 11.8 Å². The minimum absolute atomic E-state index is 0.0653. The molecule has 0 aromatic heterocycles. The quantitative estimate of drug-likeness (QED) is 0.853. The Morgan fingerprint density at radius 3 is 2.46 bits per heavy atom. The highest BCUT2D eigenvalue weighted by Gasteiger charge is 2.14. The van der Waals surface area contributed by atoms with Gasteiger partial charge in [0.2, 0.25) is 0 Å². The third-order valence-electron chi connectivity index (χ3n) is 3.19. The Morgan fingerprint density at radius 1 is 1.08 bits per heavy atom. The number of aryl methyl sites for hydroxylation is 1. The van der Waals surface area contributed by atoms with E-state index in [1.165, 1.54) is 19.2 Å². The van der Waals surface area contributed by atoms with Gasteiger partial charge in [0.05, 0.1) is 12.7 Å². The zero-order chi connectivity index (χ0) is 17.7. The van der Waals surface area contributed by atoms with Crippen LogP contribution in [0.3, 0.4) is 0 Å². The number of amides is 1. The van der Waals surface area contributed by atoms with E-state index < -0.39 is 30.1 Å². The standard InChI is InChI=1S/C17H15F2NO4/c1-10-7-12(23-2)4-5-13(10)17(22)24-9-16(21)20-11-3-6-14(18)15(19)8-11/h3-8H,9H2,1-2H3,(H,20,21). The van der Waals surface area contributed by atoms with Crippen LogP contribution in [0.1, 0.15) is 15.9 Å². The summed E-state index contributed by atoms with van der Waals surface area (Å²) in [6.07, 6.45) is 0. The van der Waals surface area contributed by atoms with Crippen LogP contribution < -0.4 is 10.1 Å². The Bertz CT molecular complexity index is 777. The Labute approximate surface area is 137 Å². The van der Waals surface area contributed by atoms with E-state index in [0.717, 1.165) is 12.1 Å². The third kappa shape index (κ3) is 4.28. The molecule has 0 atom stereocenters. The van der Waals surface area contributed by atoms with Gasteiger partial charge in [-0.1, -0.05) is 0 Å². The second-order valence-electron chi connectivity index (χ2n) is 4.93. The van der Waals surface area contributed by atoms with E-state index in [1.54, 1.807) is 19.1 Å². The number of nitrogens with one attached hydrogen (secondary N) is 1. The number of ether oxygens (including phenoxy) is 2. The molecule has 7 heteroatoms. The zero-order valence-electron chi connectivity index (χ0n) is 13.1. The van der Waals surface area contributed by atoms with Crippen LogP contribution in [-0.4, -0.2) is 25.6 Å². The van der Waals surface area contributed by atoms with Gasteiger partial charge in [-0.2, -0.15) is 0 Å². The molecule has 0 bridgehead atoms. The van der Waals surface area contributed by atoms with Gasteiger partial charge >= 0.3 is 5.97 Å². The molecule has 0 fully saturated rings. The Hall–Kier alpha value is -2.96. The van der Waals surface area contributed by atoms with Crippen LogP contribution >= 0.6 is 0 Å². The smallest absolute Gasteiger partial charge is 0.338 e. The first-order valence-corrected chi connectivity index (χ1v) is 6.97. The first-order valence-electron chi connectivity index (χ1n) is 6.97. The number of hydrogen-bond donors (Lipinski definition) is 1. The summed E-state index contributed by atoms with van der Waals surface area (Å²) in [5, 5.41) is 2.31. The molecule has 0 spiro atoms. The predicted molar refractivity (Wildman–Crippen MR) is 83.0 cm³/mol. The summed E-state index contributed by atoms with van der Waals surface area (Å²) in [5.74, 6) is -2.84. The van der Waals surface area contributed by atoms with Crippen molar-refractivity contribution in [3.63, 3.8) is 0 Å². The van der Waals surface area contributed by atoms with Crippen molar-refractivity contribution in [1.29, 1.82) is 0 Å². The normalized spacial score (nSPS) is 10.2. The van der Waals surface area contributed by atoms with Gasteiger partial charge in [0.1, 0.15) is 5.75 Å². The maximum Gasteiger partial charge on any atom is 0.338 e. The molecule has 0 radical (unpaired) electrons. The van der Waals surface area contributed by atoms with E-state index in [-0.39, 0.29) is 5.69 Å². The van der Waals surface area contributed by atoms with Gasteiger partial charge < -0.3 is 14.8 Å². The number of methoxy groups -OCH3 is 1. The third-order valence-corrected chi connectivity index (χ3v) is 3.19. The van der Waals surface area contributed by atoms with Gasteiger partial charge in [-0.05, 0) is 42.8 Å². The maximum absolute atomic E-state index is 13.0. The fraction of sp³-hybridized carbons (Fsp3) is 0.176. The molecule has 5 nitrogen and oxygen atoms in total. The molecule has 2 aromatic rings. The molecule has 0 unspecified atom stereocenters. The lowest BCUT2D eigenvalue weighted by atomic mass is 10.1. The van der Waals surface area contributed by atoms with Gasteiger partial charge in [0.25, 0.3) is 5.91 Å². The van der Waals surface area contributed by atoms with E-state index in [4.69, 9.17) is 9.47 Å². The van der Waals surface area contributed by atoms with Gasteiger partial charge in [-0.3, -0.25) is 4.79 Å². The van der Waals surface area contributed by atoms with Gasteiger partial charge in [0.15, 0.2) is 18.2 Å². The summed E-state index contributed by atoms with van der Waals surface area (Å²) in [6.45, 7) is 1.16. The number of halogens is 2. The molecule has 0 saturated carbocycles. The van der Waals surface area contributed by atoms with Crippen molar-refractivity contribution in [2.45, 2.75) is 6.92 Å². The Morgan fingerprint density at radius 2 is 1.83 bits per heavy atom. The fourth-order valence-corrected chi connectivity index (χ4v) is 1.97. The summed E-state index contributed by atoms with van der Waals surface area (Å²) in [5.41, 5.74) is 1.01. The molecule has 0 aliphatic heterocycles. The van der Waals surface area contributed by atoms with E-state index in [2.05, 4.69) is 5.32 Å². The summed E-state index contributed by atoms with van der Waals surface area (Å²) in [7, 11) is 1.51. The topological polar surface area (TPSA) is 64.6 Å². The molecular weight excluding hydrogens is 320 g/mol. The largest absolute Gasteiger partial charge is 0.497 e. The van der Waals surface area contributed by atoms with Crippen LogP contribution in [0.4, 0.5) is 14.5 Å². The summed E-state index contributed by atoms with van der Waals surface area (Å²) >= 11 is 0. The highest BCUT2D eigenvalue weighted by molar-refractivity contribution is 5.96. The first kappa shape index (κ1) is 17.4. The molecule has 2 aromatic carbocycles. The number of carbonyl (C=O) groups is 2. The van der Waals surface area contributed by atoms with Crippen LogP contribution in [0.5, 0.6) is 5.75 Å². The molecule has 0 aliphatic carbocycles. The lowest BCUT2D eigenvalue weighted by Gasteiger charge is -2.09. The fourth-order valence-electron chi connectivity index (χ4n) is 1.97. The summed E-state index contributed by atoms with van der Waals surface area (Å²) in [4.78, 5) is 23.7. The van der Waals surface area contributed by atoms with Gasteiger partial charge in [-0.15, -0.1) is 0 Å². The number of anilines is 1. The van der Waals surface area contributed by atoms with Crippen LogP contribution in [0, 0.1) is 18.6 Å². The first-order chi connectivity index (χ1) is 11.4.